The molecule has 0 unspecified atom stereocenters. The summed E-state index contributed by atoms with van der Waals surface area (Å²) in [6, 6.07) is 0. The van der Waals surface area contributed by atoms with Crippen LogP contribution < -0.4 is 0 Å². The highest BCUT2D eigenvalue weighted by Crippen LogP contribution is 1.82. The van der Waals surface area contributed by atoms with Gasteiger partial charge in [-0.3, -0.25) is 4.79 Å². The molecule has 0 aromatic heterocycles. The van der Waals surface area contributed by atoms with Crippen molar-refractivity contribution in [2.24, 2.45) is 0 Å². The first kappa shape index (κ1) is 10.8. The maximum Gasteiger partial charge on any atom is 0.279 e. The summed E-state index contributed by atoms with van der Waals surface area (Å²) in [4.78, 5) is 10.8. The Balaban J connectivity index is 3.77. The van der Waals surface area contributed by atoms with Gasteiger partial charge in [0, 0.05) is 12.8 Å². The molecule has 0 aliphatic rings. The normalized spacial score (nSPS) is 7.50. The molecule has 0 heterocycles. The Hall–Kier alpha value is -1.21. The van der Waals surface area contributed by atoms with Gasteiger partial charge in [0.25, 0.3) is 5.78 Å². The monoisotopic (exact) mass is 162 g/mol. The van der Waals surface area contributed by atoms with Gasteiger partial charge in [-0.25, -0.2) is 0 Å². The van der Waals surface area contributed by atoms with Crippen LogP contribution >= 0.6 is 0 Å². The van der Waals surface area contributed by atoms with E-state index in [1.807, 2.05) is 13.8 Å². The average molecular weight is 162 g/mol. The fourth-order valence-corrected chi connectivity index (χ4v) is 0.567. The van der Waals surface area contributed by atoms with Crippen LogP contribution in [0.3, 0.4) is 0 Å². The summed E-state index contributed by atoms with van der Waals surface area (Å²) in [5, 5.41) is 0. The zero-order valence-electron chi connectivity index (χ0n) is 7.74. The van der Waals surface area contributed by atoms with Gasteiger partial charge in [-0.2, -0.15) is 0 Å². The topological polar surface area (TPSA) is 17.1 Å². The minimum Gasteiger partial charge on any atom is -0.270 e. The quantitative estimate of drug-likeness (QED) is 0.449. The average Bonchev–Trinajstić information content (AvgIpc) is 2.06. The summed E-state index contributed by atoms with van der Waals surface area (Å²) >= 11 is 0. The molecule has 0 aliphatic heterocycles. The van der Waals surface area contributed by atoms with E-state index in [1.165, 1.54) is 0 Å². The van der Waals surface area contributed by atoms with Crippen molar-refractivity contribution in [3.8, 4) is 23.7 Å². The lowest BCUT2D eigenvalue weighted by Gasteiger charge is -1.77. The van der Waals surface area contributed by atoms with Gasteiger partial charge < -0.3 is 0 Å². The molecule has 0 aromatic carbocycles. The number of unbranched alkanes of at least 4 members (excludes halogenated alkanes) is 2. The molecular formula is C11H14O. The molecular weight excluding hydrogens is 148 g/mol. The van der Waals surface area contributed by atoms with Gasteiger partial charge in [-0.15, -0.1) is 0 Å². The predicted octanol–water partition coefficient (Wildman–Crippen LogP) is 2.16. The van der Waals surface area contributed by atoms with Gasteiger partial charge in [0.05, 0.1) is 0 Å². The van der Waals surface area contributed by atoms with Gasteiger partial charge in [-0.05, 0) is 24.7 Å². The molecule has 0 atom stereocenters. The predicted molar refractivity (Wildman–Crippen MR) is 50.4 cm³/mol. The molecule has 12 heavy (non-hydrogen) atoms. The van der Waals surface area contributed by atoms with E-state index in [1.54, 1.807) is 0 Å². The Bertz CT molecular complexity index is 216. The van der Waals surface area contributed by atoms with Crippen molar-refractivity contribution < 1.29 is 4.79 Å². The van der Waals surface area contributed by atoms with Crippen LogP contribution in [-0.4, -0.2) is 5.78 Å². The highest BCUT2D eigenvalue weighted by Gasteiger charge is 1.84. The van der Waals surface area contributed by atoms with E-state index in [-0.39, 0.29) is 5.78 Å². The fourth-order valence-electron chi connectivity index (χ4n) is 0.567. The first-order chi connectivity index (χ1) is 5.81. The summed E-state index contributed by atoms with van der Waals surface area (Å²) in [6.07, 6.45) is 3.54. The molecule has 0 fully saturated rings. The van der Waals surface area contributed by atoms with E-state index < -0.39 is 0 Å². The Morgan fingerprint density at radius 2 is 1.42 bits per heavy atom. The number of hydrogen-bond donors (Lipinski definition) is 0. The molecule has 0 rings (SSSR count). The Morgan fingerprint density at radius 3 is 1.75 bits per heavy atom. The molecule has 0 saturated carbocycles. The maximum absolute atomic E-state index is 10.8. The van der Waals surface area contributed by atoms with Gasteiger partial charge in [0.15, 0.2) is 0 Å². The summed E-state index contributed by atoms with van der Waals surface area (Å²) in [5.41, 5.74) is 0. The highest BCUT2D eigenvalue weighted by atomic mass is 16.1. The van der Waals surface area contributed by atoms with Crippen LogP contribution in [0.15, 0.2) is 0 Å². The van der Waals surface area contributed by atoms with Gasteiger partial charge in [-0.1, -0.05) is 25.7 Å². The van der Waals surface area contributed by atoms with E-state index in [4.69, 9.17) is 0 Å². The lowest BCUT2D eigenvalue weighted by atomic mass is 10.3. The smallest absolute Gasteiger partial charge is 0.270 e. The number of ketones is 1. The molecule has 0 radical (unpaired) electrons. The molecule has 0 aliphatic carbocycles. The van der Waals surface area contributed by atoms with Crippen molar-refractivity contribution >= 4 is 5.78 Å². The summed E-state index contributed by atoms with van der Waals surface area (Å²) < 4.78 is 0. The molecule has 1 nitrogen and oxygen atoms in total. The summed E-state index contributed by atoms with van der Waals surface area (Å²) in [6.45, 7) is 4.06. The van der Waals surface area contributed by atoms with Crippen molar-refractivity contribution in [2.75, 3.05) is 0 Å². The van der Waals surface area contributed by atoms with Gasteiger partial charge in [0.1, 0.15) is 0 Å². The Morgan fingerprint density at radius 1 is 1.00 bits per heavy atom. The van der Waals surface area contributed by atoms with E-state index in [9.17, 15) is 4.79 Å². The summed E-state index contributed by atoms with van der Waals surface area (Å²) in [5.74, 6) is 10.2. The second-order valence-electron chi connectivity index (χ2n) is 2.43. The molecule has 0 bridgehead atoms. The SMILES string of the molecule is CCCC#CC(=O)C#CCCC. The van der Waals surface area contributed by atoms with E-state index in [2.05, 4.69) is 23.7 Å². The largest absolute Gasteiger partial charge is 0.279 e. The van der Waals surface area contributed by atoms with Crippen molar-refractivity contribution in [1.82, 2.24) is 0 Å². The maximum atomic E-state index is 10.8. The van der Waals surface area contributed by atoms with Gasteiger partial charge in [0.2, 0.25) is 0 Å². The molecule has 64 valence electrons. The van der Waals surface area contributed by atoms with Crippen molar-refractivity contribution in [3.63, 3.8) is 0 Å². The van der Waals surface area contributed by atoms with Crippen LogP contribution in [0.1, 0.15) is 39.5 Å². The second-order valence-corrected chi connectivity index (χ2v) is 2.43. The zero-order chi connectivity index (χ0) is 9.23. The van der Waals surface area contributed by atoms with Crippen LogP contribution in [0.2, 0.25) is 0 Å². The van der Waals surface area contributed by atoms with Crippen LogP contribution in [-0.2, 0) is 4.79 Å². The number of carbonyl (C=O) groups excluding carboxylic acids is 1. The number of rotatable bonds is 2. The molecule has 0 aromatic rings. The second kappa shape index (κ2) is 7.89. The van der Waals surface area contributed by atoms with Crippen molar-refractivity contribution in [3.05, 3.63) is 0 Å². The van der Waals surface area contributed by atoms with E-state index >= 15 is 0 Å². The van der Waals surface area contributed by atoms with Crippen LogP contribution in [0.5, 0.6) is 0 Å². The third-order valence-electron chi connectivity index (χ3n) is 1.15. The lowest BCUT2D eigenvalue weighted by Crippen LogP contribution is -1.86. The number of Topliss-reactive ketones (excluding diaryl/α,β-unsaturated/α-hetero) is 1. The third kappa shape index (κ3) is 6.90. The minimum atomic E-state index is -0.253. The van der Waals surface area contributed by atoms with Crippen molar-refractivity contribution in [2.45, 2.75) is 39.5 Å². The number of carbonyl (C=O) groups is 1. The molecule has 1 heteroatoms. The molecule has 0 N–H and O–H groups in total. The summed E-state index contributed by atoms with van der Waals surface area (Å²) in [7, 11) is 0. The van der Waals surface area contributed by atoms with Crippen LogP contribution in [0.4, 0.5) is 0 Å². The lowest BCUT2D eigenvalue weighted by molar-refractivity contribution is -0.108. The van der Waals surface area contributed by atoms with Crippen molar-refractivity contribution in [1.29, 1.82) is 0 Å². The van der Waals surface area contributed by atoms with Crippen LogP contribution in [0, 0.1) is 23.7 Å². The molecule has 0 amide bonds. The Labute approximate surface area is 74.5 Å². The Kier molecular flexibility index (Phi) is 7.10. The first-order valence-corrected chi connectivity index (χ1v) is 4.33. The standard InChI is InChI=1S/C11H14O/c1-3-5-7-9-11(12)10-8-6-4-2/h3-6H2,1-2H3. The van der Waals surface area contributed by atoms with E-state index in [0.29, 0.717) is 0 Å². The molecule has 0 saturated heterocycles. The minimum absolute atomic E-state index is 0.253. The van der Waals surface area contributed by atoms with Gasteiger partial charge >= 0.3 is 0 Å². The van der Waals surface area contributed by atoms with Crippen LogP contribution in [0.25, 0.3) is 0 Å². The fraction of sp³-hybridized carbons (Fsp3) is 0.545. The van der Waals surface area contributed by atoms with E-state index in [0.717, 1.165) is 25.7 Å². The highest BCUT2D eigenvalue weighted by molar-refractivity contribution is 6.08. The molecule has 0 spiro atoms. The number of hydrogen-bond acceptors (Lipinski definition) is 1. The first-order valence-electron chi connectivity index (χ1n) is 4.33. The zero-order valence-corrected chi connectivity index (χ0v) is 7.74. The third-order valence-corrected chi connectivity index (χ3v) is 1.15.